The van der Waals surface area contributed by atoms with Crippen LogP contribution in [0.25, 0.3) is 89.0 Å². The van der Waals surface area contributed by atoms with Crippen molar-refractivity contribution in [2.24, 2.45) is 0 Å². The Morgan fingerprint density at radius 1 is 0.163 bits per heavy atom. The van der Waals surface area contributed by atoms with Gasteiger partial charge in [-0.3, -0.25) is 0 Å². The van der Waals surface area contributed by atoms with Crippen molar-refractivity contribution in [1.82, 2.24) is 0 Å². The van der Waals surface area contributed by atoms with Crippen LogP contribution < -0.4 is 9.80 Å². The van der Waals surface area contributed by atoms with Crippen LogP contribution in [0.4, 0.5) is 34.1 Å². The molecule has 1 fully saturated rings. The Morgan fingerprint density at radius 2 is 0.348 bits per heavy atom. The summed E-state index contributed by atoms with van der Waals surface area (Å²) in [6.45, 7) is 0. The summed E-state index contributed by atoms with van der Waals surface area (Å²) in [5.41, 5.74) is 27.7. The average Bonchev–Trinajstić information content (AvgIpc) is 0.791. The monoisotopic (exact) mass is 1180 g/mol. The second-order valence-electron chi connectivity index (χ2n) is 24.4. The third-order valence-corrected chi connectivity index (χ3v) is 18.6. The van der Waals surface area contributed by atoms with E-state index < -0.39 is 0 Å². The summed E-state index contributed by atoms with van der Waals surface area (Å²) >= 11 is 0. The molecule has 92 heavy (non-hydrogen) atoms. The molecule has 0 amide bonds. The van der Waals surface area contributed by atoms with Gasteiger partial charge in [0.25, 0.3) is 0 Å². The number of rotatable bonds is 16. The van der Waals surface area contributed by atoms with Crippen molar-refractivity contribution in [2.75, 3.05) is 9.80 Å². The standard InChI is InChI=1S/C90H70N2/c1-10-28-66(29-11-1)74-54-75(67-30-12-2-13-31-67)59-86(58-74)91(87-60-76(68-32-14-3-15-33-68)55-77(61-87)69-34-16-4-17-35-69)84-48-44-82(45-49-84)90(52-26-9-27-53-90)83-46-50-85(51-47-83)92(88-62-78(70-36-18-5-19-37-70)56-79(63-88)71-38-20-6-21-39-71)89-64-80(72-40-22-7-23-41-72)57-81(65-89)73-42-24-8-25-43-73/h1-8,10-25,28-51,54-65H,9,26-27,52-53H2. The first-order chi connectivity index (χ1) is 45.5. The van der Waals surface area contributed by atoms with Crippen LogP contribution in [-0.2, 0) is 5.41 Å². The fraction of sp³-hybridized carbons (Fsp3) is 0.0667. The van der Waals surface area contributed by atoms with Gasteiger partial charge in [0, 0.05) is 39.5 Å². The van der Waals surface area contributed by atoms with Crippen molar-refractivity contribution in [1.29, 1.82) is 0 Å². The zero-order chi connectivity index (χ0) is 61.5. The molecule has 0 saturated heterocycles. The lowest BCUT2D eigenvalue weighted by atomic mass is 9.65. The quantitative estimate of drug-likeness (QED) is 0.0951. The molecule has 1 saturated carbocycles. The third-order valence-electron chi connectivity index (χ3n) is 18.6. The van der Waals surface area contributed by atoms with E-state index in [0.29, 0.717) is 0 Å². The van der Waals surface area contributed by atoms with Crippen molar-refractivity contribution in [3.05, 3.63) is 375 Å². The minimum atomic E-state index is -0.201. The summed E-state index contributed by atoms with van der Waals surface area (Å²) in [6, 6.07) is 134. The minimum Gasteiger partial charge on any atom is -0.310 e. The highest BCUT2D eigenvalue weighted by Gasteiger charge is 2.36. The van der Waals surface area contributed by atoms with E-state index >= 15 is 0 Å². The molecule has 2 nitrogen and oxygen atoms in total. The Morgan fingerprint density at radius 3 is 0.533 bits per heavy atom. The molecule has 0 N–H and O–H groups in total. The molecule has 14 aromatic carbocycles. The molecular weight excluding hydrogens is 1110 g/mol. The van der Waals surface area contributed by atoms with Crippen LogP contribution in [0.15, 0.2) is 364 Å². The smallest absolute Gasteiger partial charge is 0.0473 e. The highest BCUT2D eigenvalue weighted by molar-refractivity contribution is 5.91. The van der Waals surface area contributed by atoms with Crippen molar-refractivity contribution in [3.63, 3.8) is 0 Å². The molecule has 0 spiro atoms. The molecule has 0 aromatic heterocycles. The summed E-state index contributed by atoms with van der Waals surface area (Å²) in [7, 11) is 0. The Kier molecular flexibility index (Phi) is 16.2. The highest BCUT2D eigenvalue weighted by Crippen LogP contribution is 2.50. The zero-order valence-corrected chi connectivity index (χ0v) is 51.6. The molecule has 0 bridgehead atoms. The van der Waals surface area contributed by atoms with Gasteiger partial charge in [-0.25, -0.2) is 0 Å². The van der Waals surface area contributed by atoms with Gasteiger partial charge >= 0.3 is 0 Å². The first-order valence-electron chi connectivity index (χ1n) is 32.4. The highest BCUT2D eigenvalue weighted by atomic mass is 15.1. The molecule has 1 aliphatic carbocycles. The molecular formula is C90H70N2. The number of anilines is 6. The molecule has 0 radical (unpaired) electrons. The van der Waals surface area contributed by atoms with E-state index in [2.05, 4.69) is 374 Å². The largest absolute Gasteiger partial charge is 0.310 e. The van der Waals surface area contributed by atoms with E-state index in [-0.39, 0.29) is 5.41 Å². The number of hydrogen-bond acceptors (Lipinski definition) is 2. The van der Waals surface area contributed by atoms with Gasteiger partial charge in [-0.05, 0) is 210 Å². The van der Waals surface area contributed by atoms with Gasteiger partial charge in [0.2, 0.25) is 0 Å². The molecule has 0 unspecified atom stereocenters. The summed E-state index contributed by atoms with van der Waals surface area (Å²) in [5.74, 6) is 0. The van der Waals surface area contributed by atoms with Gasteiger partial charge in [0.15, 0.2) is 0 Å². The van der Waals surface area contributed by atoms with E-state index in [1.807, 2.05) is 0 Å². The maximum Gasteiger partial charge on any atom is 0.0473 e. The Hall–Kier alpha value is -11.3. The lowest BCUT2D eigenvalue weighted by Gasteiger charge is -2.39. The maximum absolute atomic E-state index is 2.49. The predicted molar refractivity (Wildman–Crippen MR) is 390 cm³/mol. The molecule has 2 heteroatoms. The molecule has 15 rings (SSSR count). The molecule has 1 aliphatic rings. The predicted octanol–water partition coefficient (Wildman–Crippen LogP) is 25.2. The second-order valence-corrected chi connectivity index (χ2v) is 24.4. The first-order valence-corrected chi connectivity index (χ1v) is 32.4. The Bertz CT molecular complexity index is 3970. The fourth-order valence-electron chi connectivity index (χ4n) is 14.0. The SMILES string of the molecule is c1ccc(-c2cc(-c3ccccc3)cc(N(c3ccc(C4(c5ccc(N(c6cc(-c7ccccc7)cc(-c7ccccc7)c6)c6cc(-c7ccccc7)cc(-c7ccccc7)c6)cc5)CCCCC4)cc3)c3cc(-c4ccccc4)cc(-c4ccccc4)c3)c2)cc1. The lowest BCUT2D eigenvalue weighted by Crippen LogP contribution is -2.30. The van der Waals surface area contributed by atoms with Crippen LogP contribution in [0, 0.1) is 0 Å². The average molecular weight is 1180 g/mol. The Balaban J connectivity index is 0.884. The van der Waals surface area contributed by atoms with Crippen LogP contribution in [0.1, 0.15) is 43.2 Å². The van der Waals surface area contributed by atoms with E-state index in [9.17, 15) is 0 Å². The normalized spacial score (nSPS) is 12.7. The third kappa shape index (κ3) is 12.0. The fourth-order valence-corrected chi connectivity index (χ4v) is 14.0. The van der Waals surface area contributed by atoms with Crippen LogP contribution in [0.3, 0.4) is 0 Å². The van der Waals surface area contributed by atoms with Gasteiger partial charge in [-0.2, -0.15) is 0 Å². The Labute approximate surface area is 542 Å². The van der Waals surface area contributed by atoms with Gasteiger partial charge in [0.05, 0.1) is 0 Å². The van der Waals surface area contributed by atoms with E-state index in [4.69, 9.17) is 0 Å². The second kappa shape index (κ2) is 26.0. The van der Waals surface area contributed by atoms with E-state index in [1.54, 1.807) is 0 Å². The molecule has 14 aromatic rings. The van der Waals surface area contributed by atoms with E-state index in [1.165, 1.54) is 62.1 Å². The minimum absolute atomic E-state index is 0.201. The first kappa shape index (κ1) is 57.1. The van der Waals surface area contributed by atoms with Gasteiger partial charge < -0.3 is 9.80 Å². The topological polar surface area (TPSA) is 6.48 Å². The zero-order valence-electron chi connectivity index (χ0n) is 51.6. The summed E-state index contributed by atoms with van der Waals surface area (Å²) in [6.07, 6.45) is 5.68. The molecule has 0 heterocycles. The number of benzene rings is 14. The number of hydrogen-bond donors (Lipinski definition) is 0. The van der Waals surface area contributed by atoms with E-state index in [0.717, 1.165) is 104 Å². The van der Waals surface area contributed by atoms with Crippen molar-refractivity contribution in [2.45, 2.75) is 37.5 Å². The molecule has 0 atom stereocenters. The van der Waals surface area contributed by atoms with Crippen LogP contribution in [0.5, 0.6) is 0 Å². The van der Waals surface area contributed by atoms with Crippen molar-refractivity contribution in [3.8, 4) is 89.0 Å². The molecule has 440 valence electrons. The summed E-state index contributed by atoms with van der Waals surface area (Å²) < 4.78 is 0. The number of nitrogens with zero attached hydrogens (tertiary/aromatic N) is 2. The van der Waals surface area contributed by atoms with Crippen LogP contribution in [0.2, 0.25) is 0 Å². The maximum atomic E-state index is 2.49. The van der Waals surface area contributed by atoms with Crippen molar-refractivity contribution < 1.29 is 0 Å². The van der Waals surface area contributed by atoms with Gasteiger partial charge in [0.1, 0.15) is 0 Å². The summed E-state index contributed by atoms with van der Waals surface area (Å²) in [4.78, 5) is 4.98. The van der Waals surface area contributed by atoms with Gasteiger partial charge in [-0.15, -0.1) is 0 Å². The summed E-state index contributed by atoms with van der Waals surface area (Å²) in [5, 5.41) is 0. The van der Waals surface area contributed by atoms with Crippen LogP contribution in [-0.4, -0.2) is 0 Å². The lowest BCUT2D eigenvalue weighted by molar-refractivity contribution is 0.346. The van der Waals surface area contributed by atoms with Crippen LogP contribution >= 0.6 is 0 Å². The van der Waals surface area contributed by atoms with Gasteiger partial charge in [-0.1, -0.05) is 286 Å². The van der Waals surface area contributed by atoms with Crippen molar-refractivity contribution >= 4 is 34.1 Å². The molecule has 0 aliphatic heterocycles.